The second kappa shape index (κ2) is 8.28. The molecule has 1 fully saturated rings. The van der Waals surface area contributed by atoms with Crippen LogP contribution in [0.25, 0.3) is 16.3 Å². The van der Waals surface area contributed by atoms with E-state index in [0.717, 1.165) is 42.0 Å². The Hall–Kier alpha value is -2.11. The van der Waals surface area contributed by atoms with Crippen molar-refractivity contribution >= 4 is 45.3 Å². The highest BCUT2D eigenvalue weighted by molar-refractivity contribution is 7.98. The number of thiazole rings is 1. The first-order valence-electron chi connectivity index (χ1n) is 9.19. The average molecular weight is 395 g/mol. The van der Waals surface area contributed by atoms with Gasteiger partial charge in [0.25, 0.3) is 0 Å². The topological polar surface area (TPSA) is 33.2 Å². The Morgan fingerprint density at radius 2 is 2.04 bits per heavy atom. The summed E-state index contributed by atoms with van der Waals surface area (Å²) in [5.74, 6) is 0.434. The number of likely N-dealkylation sites (tertiary alicyclic amines) is 1. The third kappa shape index (κ3) is 4.25. The Labute approximate surface area is 168 Å². The van der Waals surface area contributed by atoms with Gasteiger partial charge in [0.15, 0.2) is 0 Å². The van der Waals surface area contributed by atoms with Gasteiger partial charge in [-0.2, -0.15) is 0 Å². The molecule has 3 nitrogen and oxygen atoms in total. The molecule has 0 N–H and O–H groups in total. The molecule has 4 rings (SSSR count). The highest BCUT2D eigenvalue weighted by atomic mass is 32.2. The normalized spacial score (nSPS) is 17.7. The molecule has 0 radical (unpaired) electrons. The first-order chi connectivity index (χ1) is 13.2. The van der Waals surface area contributed by atoms with Crippen LogP contribution in [-0.4, -0.2) is 35.1 Å². The number of benzene rings is 2. The Morgan fingerprint density at radius 1 is 1.22 bits per heavy atom. The number of nitrogens with zero attached hydrogens (tertiary/aromatic N) is 2. The van der Waals surface area contributed by atoms with E-state index in [4.69, 9.17) is 4.98 Å². The second-order valence-electron chi connectivity index (χ2n) is 6.75. The number of piperidine rings is 1. The van der Waals surface area contributed by atoms with Gasteiger partial charge in [0.1, 0.15) is 0 Å². The molecule has 2 aromatic carbocycles. The van der Waals surface area contributed by atoms with Crippen molar-refractivity contribution in [2.45, 2.75) is 23.7 Å². The molecule has 1 aromatic heterocycles. The van der Waals surface area contributed by atoms with E-state index in [1.165, 1.54) is 9.60 Å². The number of thioether (sulfide) groups is 1. The van der Waals surface area contributed by atoms with Crippen molar-refractivity contribution in [3.8, 4) is 0 Å². The minimum atomic E-state index is 0.0924. The fourth-order valence-corrected chi connectivity index (χ4v) is 4.93. The first-order valence-corrected chi connectivity index (χ1v) is 11.2. The largest absolute Gasteiger partial charge is 0.338 e. The van der Waals surface area contributed by atoms with Gasteiger partial charge in [0, 0.05) is 30.0 Å². The molecular weight excluding hydrogens is 372 g/mol. The van der Waals surface area contributed by atoms with Crippen LogP contribution in [0.4, 0.5) is 0 Å². The smallest absolute Gasteiger partial charge is 0.246 e. The van der Waals surface area contributed by atoms with Crippen LogP contribution in [0.1, 0.15) is 29.3 Å². The van der Waals surface area contributed by atoms with Crippen molar-refractivity contribution in [2.24, 2.45) is 0 Å². The zero-order valence-electron chi connectivity index (χ0n) is 15.3. The second-order valence-corrected chi connectivity index (χ2v) is 8.69. The Bertz CT molecular complexity index is 929. The van der Waals surface area contributed by atoms with Gasteiger partial charge in [-0.05, 0) is 55.0 Å². The van der Waals surface area contributed by atoms with Crippen LogP contribution in [0.2, 0.25) is 0 Å². The van der Waals surface area contributed by atoms with Crippen molar-refractivity contribution in [1.29, 1.82) is 0 Å². The van der Waals surface area contributed by atoms with E-state index >= 15 is 0 Å². The van der Waals surface area contributed by atoms with E-state index in [2.05, 4.69) is 48.7 Å². The Balaban J connectivity index is 1.43. The number of carbonyl (C=O) groups excluding carboxylic acids is 1. The van der Waals surface area contributed by atoms with E-state index in [1.807, 2.05) is 17.0 Å². The molecule has 0 saturated carbocycles. The molecule has 1 aliphatic rings. The third-order valence-electron chi connectivity index (χ3n) is 4.93. The van der Waals surface area contributed by atoms with E-state index < -0.39 is 0 Å². The number of hydrogen-bond donors (Lipinski definition) is 0. The SMILES string of the molecule is CSc1ccc(/C=C/C(=O)N2CCC[C@H](c3nc4ccccc4s3)C2)cc1. The van der Waals surface area contributed by atoms with Crippen molar-refractivity contribution in [1.82, 2.24) is 9.88 Å². The summed E-state index contributed by atoms with van der Waals surface area (Å²) < 4.78 is 1.23. The van der Waals surface area contributed by atoms with E-state index in [9.17, 15) is 4.79 Å². The van der Waals surface area contributed by atoms with Crippen LogP contribution in [0, 0.1) is 0 Å². The minimum Gasteiger partial charge on any atom is -0.338 e. The Morgan fingerprint density at radius 3 is 2.81 bits per heavy atom. The van der Waals surface area contributed by atoms with Crippen molar-refractivity contribution in [3.63, 3.8) is 0 Å². The van der Waals surface area contributed by atoms with Gasteiger partial charge in [-0.1, -0.05) is 24.3 Å². The zero-order valence-corrected chi connectivity index (χ0v) is 16.9. The number of amides is 1. The molecule has 27 heavy (non-hydrogen) atoms. The number of aromatic nitrogens is 1. The molecule has 1 atom stereocenters. The van der Waals surface area contributed by atoms with Crippen LogP contribution >= 0.6 is 23.1 Å². The van der Waals surface area contributed by atoms with Crippen LogP contribution < -0.4 is 0 Å². The Kier molecular flexibility index (Phi) is 5.60. The summed E-state index contributed by atoms with van der Waals surface area (Å²) in [5.41, 5.74) is 2.12. The summed E-state index contributed by atoms with van der Waals surface area (Å²) in [6.07, 6.45) is 7.81. The maximum atomic E-state index is 12.7. The predicted octanol–water partition coefficient (Wildman–Crippen LogP) is 5.44. The highest BCUT2D eigenvalue weighted by Gasteiger charge is 2.25. The summed E-state index contributed by atoms with van der Waals surface area (Å²) in [7, 11) is 0. The van der Waals surface area contributed by atoms with Crippen molar-refractivity contribution < 1.29 is 4.79 Å². The summed E-state index contributed by atoms with van der Waals surface area (Å²) >= 11 is 3.48. The molecule has 1 saturated heterocycles. The van der Waals surface area contributed by atoms with Gasteiger partial charge in [0.2, 0.25) is 5.91 Å². The number of fused-ring (bicyclic) bond motifs is 1. The van der Waals surface area contributed by atoms with Gasteiger partial charge in [-0.3, -0.25) is 4.79 Å². The van der Waals surface area contributed by atoms with Crippen molar-refractivity contribution in [2.75, 3.05) is 19.3 Å². The summed E-state index contributed by atoms with van der Waals surface area (Å²) in [5, 5.41) is 1.16. The molecular formula is C22H22N2OS2. The number of para-hydroxylation sites is 1. The molecule has 0 bridgehead atoms. The molecule has 0 aliphatic carbocycles. The van der Waals surface area contributed by atoms with E-state index in [0.29, 0.717) is 5.92 Å². The van der Waals surface area contributed by atoms with Crippen LogP contribution in [0.3, 0.4) is 0 Å². The quantitative estimate of drug-likeness (QED) is 0.436. The van der Waals surface area contributed by atoms with E-state index in [1.54, 1.807) is 29.2 Å². The maximum Gasteiger partial charge on any atom is 0.246 e. The molecule has 0 unspecified atom stereocenters. The van der Waals surface area contributed by atoms with Crippen molar-refractivity contribution in [3.05, 3.63) is 65.2 Å². The summed E-state index contributed by atoms with van der Waals surface area (Å²) in [4.78, 5) is 20.7. The fraction of sp³-hybridized carbons (Fsp3) is 0.273. The summed E-state index contributed by atoms with van der Waals surface area (Å²) in [6, 6.07) is 16.5. The number of rotatable bonds is 4. The molecule has 2 heterocycles. The lowest BCUT2D eigenvalue weighted by Gasteiger charge is -2.31. The van der Waals surface area contributed by atoms with Gasteiger partial charge < -0.3 is 4.90 Å². The predicted molar refractivity (Wildman–Crippen MR) is 115 cm³/mol. The molecule has 3 aromatic rings. The standard InChI is InChI=1S/C22H22N2OS2/c1-26-18-11-8-16(9-12-18)10-13-21(25)24-14-4-5-17(15-24)22-23-19-6-2-3-7-20(19)27-22/h2-3,6-13,17H,4-5,14-15H2,1H3/b13-10+/t17-/m0/s1. The average Bonchev–Trinajstić information content (AvgIpc) is 3.17. The molecule has 5 heteroatoms. The maximum absolute atomic E-state index is 12.7. The molecule has 1 amide bonds. The molecule has 138 valence electrons. The van der Waals surface area contributed by atoms with Gasteiger partial charge in [0.05, 0.1) is 15.2 Å². The lowest BCUT2D eigenvalue weighted by atomic mass is 9.98. The number of carbonyl (C=O) groups is 1. The highest BCUT2D eigenvalue weighted by Crippen LogP contribution is 2.33. The van der Waals surface area contributed by atoms with Gasteiger partial charge >= 0.3 is 0 Å². The molecule has 0 spiro atoms. The van der Waals surface area contributed by atoms with Gasteiger partial charge in [-0.15, -0.1) is 23.1 Å². The number of hydrogen-bond acceptors (Lipinski definition) is 4. The third-order valence-corrected chi connectivity index (χ3v) is 6.87. The monoisotopic (exact) mass is 394 g/mol. The minimum absolute atomic E-state index is 0.0924. The van der Waals surface area contributed by atoms with Crippen LogP contribution in [0.15, 0.2) is 59.5 Å². The lowest BCUT2D eigenvalue weighted by molar-refractivity contribution is -0.127. The fourth-order valence-electron chi connectivity index (χ4n) is 3.43. The lowest BCUT2D eigenvalue weighted by Crippen LogP contribution is -2.38. The zero-order chi connectivity index (χ0) is 18.6. The summed E-state index contributed by atoms with van der Waals surface area (Å²) in [6.45, 7) is 1.59. The van der Waals surface area contributed by atoms with Crippen LogP contribution in [0.5, 0.6) is 0 Å². The van der Waals surface area contributed by atoms with Gasteiger partial charge in [-0.25, -0.2) is 4.98 Å². The first kappa shape index (κ1) is 18.3. The van der Waals surface area contributed by atoms with Crippen LogP contribution in [-0.2, 0) is 4.79 Å². The van der Waals surface area contributed by atoms with E-state index in [-0.39, 0.29) is 5.91 Å². The molecule has 1 aliphatic heterocycles.